The molecule has 1 heterocycles. The summed E-state index contributed by atoms with van der Waals surface area (Å²) in [7, 11) is 0. The van der Waals surface area contributed by atoms with Gasteiger partial charge in [0.1, 0.15) is 5.58 Å². The fourth-order valence-electron chi connectivity index (χ4n) is 12.0. The van der Waals surface area contributed by atoms with Crippen LogP contribution in [0.5, 0.6) is 0 Å². The zero-order valence-electron chi connectivity index (χ0n) is 38.4. The topological polar surface area (TPSA) is 19.6 Å². The predicted octanol–water partition coefficient (Wildman–Crippen LogP) is 18.7. The summed E-state index contributed by atoms with van der Waals surface area (Å²) in [6, 6.07) is 76.1. The van der Waals surface area contributed by atoms with E-state index in [1.807, 2.05) is 0 Å². The van der Waals surface area contributed by atoms with Gasteiger partial charge in [-0.15, -0.1) is 0 Å². The molecule has 14 rings (SSSR count). The summed E-state index contributed by atoms with van der Waals surface area (Å²) in [4.78, 5) is 4.97. The van der Waals surface area contributed by atoms with Gasteiger partial charge in [-0.2, -0.15) is 0 Å². The molecule has 0 bridgehead atoms. The number of anilines is 6. The number of hydrogen-bond acceptors (Lipinski definition) is 3. The molecule has 3 heteroatoms. The first-order chi connectivity index (χ1) is 33.3. The molecule has 0 saturated heterocycles. The van der Waals surface area contributed by atoms with E-state index in [1.165, 1.54) is 87.2 Å². The molecule has 322 valence electrons. The molecular weight excluding hydrogens is 825 g/mol. The van der Waals surface area contributed by atoms with Crippen LogP contribution in [0.4, 0.5) is 34.1 Å². The van der Waals surface area contributed by atoms with Crippen LogP contribution in [0.3, 0.4) is 0 Å². The van der Waals surface area contributed by atoms with Gasteiger partial charge in [-0.05, 0) is 139 Å². The van der Waals surface area contributed by atoms with E-state index in [0.717, 1.165) is 56.1 Å². The largest absolute Gasteiger partial charge is 0.454 e. The number of rotatable bonds is 7. The molecule has 0 radical (unpaired) electrons. The van der Waals surface area contributed by atoms with Crippen molar-refractivity contribution in [2.45, 2.75) is 33.1 Å². The van der Waals surface area contributed by atoms with E-state index in [2.05, 4.69) is 244 Å². The predicted molar refractivity (Wildman–Crippen MR) is 289 cm³/mol. The van der Waals surface area contributed by atoms with E-state index in [4.69, 9.17) is 4.42 Å². The van der Waals surface area contributed by atoms with Gasteiger partial charge in [0.15, 0.2) is 5.58 Å². The first-order valence-corrected chi connectivity index (χ1v) is 23.8. The van der Waals surface area contributed by atoms with Crippen LogP contribution in [0, 0.1) is 13.8 Å². The van der Waals surface area contributed by atoms with Crippen LogP contribution < -0.4 is 9.80 Å². The van der Waals surface area contributed by atoms with Crippen LogP contribution in [-0.2, 0) is 5.41 Å². The maximum absolute atomic E-state index is 6.94. The third kappa shape index (κ3) is 5.41. The molecule has 0 spiro atoms. The maximum Gasteiger partial charge on any atom is 0.159 e. The van der Waals surface area contributed by atoms with Crippen LogP contribution in [0.15, 0.2) is 211 Å². The van der Waals surface area contributed by atoms with E-state index in [9.17, 15) is 0 Å². The summed E-state index contributed by atoms with van der Waals surface area (Å²) < 4.78 is 6.94. The van der Waals surface area contributed by atoms with E-state index in [0.29, 0.717) is 0 Å². The number of nitrogens with zero attached hydrogens (tertiary/aromatic N) is 2. The summed E-state index contributed by atoms with van der Waals surface area (Å²) in [5, 5.41) is 15.0. The van der Waals surface area contributed by atoms with Crippen molar-refractivity contribution in [2.24, 2.45) is 0 Å². The second-order valence-electron chi connectivity index (χ2n) is 19.3. The van der Waals surface area contributed by atoms with Gasteiger partial charge in [0.25, 0.3) is 0 Å². The molecule has 12 aromatic carbocycles. The number of hydrogen-bond donors (Lipinski definition) is 0. The van der Waals surface area contributed by atoms with Crippen molar-refractivity contribution in [3.05, 3.63) is 229 Å². The molecule has 68 heavy (non-hydrogen) atoms. The third-order valence-corrected chi connectivity index (χ3v) is 15.2. The Balaban J connectivity index is 1.08. The number of aryl methyl sites for hydroxylation is 2. The molecule has 1 aliphatic rings. The van der Waals surface area contributed by atoms with Crippen molar-refractivity contribution in [3.8, 4) is 11.1 Å². The van der Waals surface area contributed by atoms with Gasteiger partial charge >= 0.3 is 0 Å². The van der Waals surface area contributed by atoms with Crippen molar-refractivity contribution >= 4 is 110 Å². The van der Waals surface area contributed by atoms with Crippen molar-refractivity contribution in [1.82, 2.24) is 0 Å². The van der Waals surface area contributed by atoms with Crippen LogP contribution in [-0.4, -0.2) is 0 Å². The molecule has 13 aromatic rings. The Morgan fingerprint density at radius 2 is 0.941 bits per heavy atom. The monoisotopic (exact) mass is 870 g/mol. The van der Waals surface area contributed by atoms with Crippen molar-refractivity contribution in [2.75, 3.05) is 9.80 Å². The Bertz CT molecular complexity index is 4200. The Morgan fingerprint density at radius 1 is 0.368 bits per heavy atom. The summed E-state index contributed by atoms with van der Waals surface area (Å²) >= 11 is 0. The zero-order valence-corrected chi connectivity index (χ0v) is 38.4. The highest BCUT2D eigenvalue weighted by atomic mass is 16.3. The van der Waals surface area contributed by atoms with Crippen LogP contribution >= 0.6 is 0 Å². The second kappa shape index (κ2) is 14.3. The molecule has 0 aliphatic heterocycles. The lowest BCUT2D eigenvalue weighted by Gasteiger charge is -2.32. The quantitative estimate of drug-likeness (QED) is 0.149. The Hall–Kier alpha value is -8.40. The molecule has 3 nitrogen and oxygen atoms in total. The van der Waals surface area contributed by atoms with Crippen LogP contribution in [0.2, 0.25) is 0 Å². The average Bonchev–Trinajstić information content (AvgIpc) is 3.87. The zero-order chi connectivity index (χ0) is 45.4. The lowest BCUT2D eigenvalue weighted by atomic mass is 9.81. The van der Waals surface area contributed by atoms with E-state index < -0.39 is 0 Å². The number of fused-ring (bicyclic) bond motifs is 3. The SMILES string of the molecule is Cc1cc(N(c2ccccc2)c2ccccc2-c2ccccc2)c2ccc3c(C)cc(N(c4cc5c6c(ccc7cccc(c76)C5(C)C)c4)c4cccc5c4oc4ccccc45)c4ccc1c2c34. The van der Waals surface area contributed by atoms with Gasteiger partial charge in [0.05, 0.1) is 22.7 Å². The first kappa shape index (κ1) is 38.8. The number of para-hydroxylation sites is 4. The lowest BCUT2D eigenvalue weighted by molar-refractivity contribution is 0.662. The molecule has 0 amide bonds. The van der Waals surface area contributed by atoms with E-state index in [1.54, 1.807) is 0 Å². The average molecular weight is 871 g/mol. The highest BCUT2D eigenvalue weighted by molar-refractivity contribution is 6.30. The van der Waals surface area contributed by atoms with Gasteiger partial charge in [0.2, 0.25) is 0 Å². The fourth-order valence-corrected chi connectivity index (χ4v) is 12.0. The molecular formula is C65H46N2O. The Labute approximate surface area is 395 Å². The van der Waals surface area contributed by atoms with E-state index in [-0.39, 0.29) is 5.41 Å². The van der Waals surface area contributed by atoms with Crippen molar-refractivity contribution < 1.29 is 4.42 Å². The standard InChI is InChI=1S/C65H46N2O/c1-39-35-57(66(44-20-9-6-10-21-44)55-26-13-11-22-48(55)41-17-7-5-8-18-41)51-33-31-47-40(2)36-58(52-34-32-46(39)62(51)63(47)52)67(56-27-16-24-50-49-23-12-14-28-59(49)68-64(50)56)45-37-43-30-29-42-19-15-25-53-60(42)61(43)54(38-45)65(53,3)4/h5-38H,1-4H3. The summed E-state index contributed by atoms with van der Waals surface area (Å²) in [6.07, 6.45) is 0. The highest BCUT2D eigenvalue weighted by Gasteiger charge is 2.35. The summed E-state index contributed by atoms with van der Waals surface area (Å²) in [5.74, 6) is 0. The summed E-state index contributed by atoms with van der Waals surface area (Å²) in [6.45, 7) is 9.34. The van der Waals surface area contributed by atoms with Crippen LogP contribution in [0.1, 0.15) is 36.1 Å². The Kier molecular flexibility index (Phi) is 8.17. The van der Waals surface area contributed by atoms with Gasteiger partial charge in [-0.1, -0.05) is 166 Å². The summed E-state index contributed by atoms with van der Waals surface area (Å²) in [5.41, 5.74) is 15.8. The van der Waals surface area contributed by atoms with Gasteiger partial charge in [0, 0.05) is 43.9 Å². The minimum absolute atomic E-state index is 0.190. The minimum Gasteiger partial charge on any atom is -0.454 e. The molecule has 1 aromatic heterocycles. The molecule has 0 saturated carbocycles. The fraction of sp³-hybridized carbons (Fsp3) is 0.0769. The number of furan rings is 1. The van der Waals surface area contributed by atoms with E-state index >= 15 is 0 Å². The van der Waals surface area contributed by atoms with Gasteiger partial charge in [-0.3, -0.25) is 0 Å². The molecule has 1 aliphatic carbocycles. The highest BCUT2D eigenvalue weighted by Crippen LogP contribution is 2.54. The smallest absolute Gasteiger partial charge is 0.159 e. The van der Waals surface area contributed by atoms with Crippen molar-refractivity contribution in [1.29, 1.82) is 0 Å². The molecule has 0 N–H and O–H groups in total. The van der Waals surface area contributed by atoms with Gasteiger partial charge in [-0.25, -0.2) is 0 Å². The number of benzene rings is 12. The van der Waals surface area contributed by atoms with Gasteiger partial charge < -0.3 is 14.2 Å². The molecule has 0 unspecified atom stereocenters. The third-order valence-electron chi connectivity index (χ3n) is 15.2. The first-order valence-electron chi connectivity index (χ1n) is 23.8. The van der Waals surface area contributed by atoms with Crippen LogP contribution in [0.25, 0.3) is 86.9 Å². The minimum atomic E-state index is -0.190. The lowest BCUT2D eigenvalue weighted by Crippen LogP contribution is -2.17. The van der Waals surface area contributed by atoms with Crippen molar-refractivity contribution in [3.63, 3.8) is 0 Å². The molecule has 0 atom stereocenters. The maximum atomic E-state index is 6.94. The molecule has 0 fully saturated rings. The normalized spacial score (nSPS) is 13.1. The Morgan fingerprint density at radius 3 is 1.69 bits per heavy atom. The second-order valence-corrected chi connectivity index (χ2v) is 19.3.